The number of benzene rings is 2. The summed E-state index contributed by atoms with van der Waals surface area (Å²) in [6, 6.07) is 14.6. The normalized spacial score (nSPS) is 27.5. The third-order valence-electron chi connectivity index (χ3n) is 15.8. The smallest absolute Gasteiger partial charge is 0.338 e. The summed E-state index contributed by atoms with van der Waals surface area (Å²) in [5.74, 6) is 5.39. The summed E-state index contributed by atoms with van der Waals surface area (Å²) in [7, 11) is 0. The minimum atomic E-state index is -0.358. The lowest BCUT2D eigenvalue weighted by Crippen LogP contribution is -2.51. The molecule has 3 saturated carbocycles. The summed E-state index contributed by atoms with van der Waals surface area (Å²) >= 11 is 0. The number of hydrogen-bond acceptors (Lipinski definition) is 7. The molecule has 0 spiro atoms. The van der Waals surface area contributed by atoms with Crippen molar-refractivity contribution in [2.24, 2.45) is 56.6 Å². The zero-order valence-corrected chi connectivity index (χ0v) is 38.9. The maximum Gasteiger partial charge on any atom is 0.338 e. The highest BCUT2D eigenvalue weighted by Gasteiger charge is 2.59. The highest BCUT2D eigenvalue weighted by atomic mass is 16.5. The number of ether oxygens (including phenoxy) is 3. The number of allylic oxidation sites excluding steroid dienone is 1. The standard InChI is InChI=1S/C54H80N2O5/c1-7-8-9-10-11-14-36-59-45-27-25-44(26-28-45)56-55-43-23-20-41(21-24-43)52(58)60-37-15-12-13-19-51(57)61-46-32-34-53(5)42(38-46)22-29-47-49-31-30-48(40(4)18-16-17-39(2)3)54(49,6)35-33-50(47)53/h20-28,39-40,46-50H,7-19,29-38H2,1-6H3/t40-,46+,47+,48-,49+,50+,53+,54-/m1/s1. The van der Waals surface area contributed by atoms with Crippen LogP contribution in [0.5, 0.6) is 5.75 Å². The van der Waals surface area contributed by atoms with Crippen LogP contribution >= 0.6 is 0 Å². The highest BCUT2D eigenvalue weighted by Crippen LogP contribution is 2.67. The molecule has 7 heteroatoms. The second-order valence-electron chi connectivity index (χ2n) is 20.4. The van der Waals surface area contributed by atoms with Gasteiger partial charge in [0.25, 0.3) is 0 Å². The number of fused-ring (bicyclic) bond motifs is 5. The van der Waals surface area contributed by atoms with Gasteiger partial charge in [0.15, 0.2) is 0 Å². The number of esters is 2. The first-order valence-electron chi connectivity index (χ1n) is 24.8. The summed E-state index contributed by atoms with van der Waals surface area (Å²) in [6.07, 6.45) is 26.7. The second-order valence-corrected chi connectivity index (χ2v) is 20.4. The molecule has 0 N–H and O–H groups in total. The molecule has 2 aromatic rings. The van der Waals surface area contributed by atoms with Crippen molar-refractivity contribution >= 4 is 23.3 Å². The van der Waals surface area contributed by atoms with Crippen molar-refractivity contribution in [3.05, 3.63) is 65.7 Å². The molecule has 0 amide bonds. The summed E-state index contributed by atoms with van der Waals surface area (Å²) in [5.41, 5.74) is 4.21. The number of hydrogen-bond donors (Lipinski definition) is 0. The first-order chi connectivity index (χ1) is 29.5. The molecule has 2 aromatic carbocycles. The molecular weight excluding hydrogens is 757 g/mol. The number of nitrogens with zero attached hydrogens (tertiary/aromatic N) is 2. The molecule has 0 aliphatic heterocycles. The summed E-state index contributed by atoms with van der Waals surface area (Å²) < 4.78 is 17.5. The minimum absolute atomic E-state index is 0.000355. The van der Waals surface area contributed by atoms with Crippen LogP contribution in [0.15, 0.2) is 70.4 Å². The van der Waals surface area contributed by atoms with E-state index >= 15 is 0 Å². The molecule has 336 valence electrons. The number of carbonyl (C=O) groups is 2. The molecular formula is C54H80N2O5. The van der Waals surface area contributed by atoms with E-state index in [1.807, 2.05) is 24.3 Å². The lowest BCUT2D eigenvalue weighted by molar-refractivity contribution is -0.151. The van der Waals surface area contributed by atoms with Gasteiger partial charge in [-0.2, -0.15) is 10.2 Å². The molecule has 8 atom stereocenters. The lowest BCUT2D eigenvalue weighted by Gasteiger charge is -2.58. The van der Waals surface area contributed by atoms with Crippen LogP contribution in [0.1, 0.15) is 187 Å². The van der Waals surface area contributed by atoms with E-state index < -0.39 is 0 Å². The molecule has 4 aliphatic rings. The van der Waals surface area contributed by atoms with Crippen molar-refractivity contribution in [1.82, 2.24) is 0 Å². The average molecular weight is 837 g/mol. The van der Waals surface area contributed by atoms with Gasteiger partial charge in [-0.15, -0.1) is 0 Å². The fourth-order valence-electron chi connectivity index (χ4n) is 12.3. The van der Waals surface area contributed by atoms with Crippen LogP contribution in [0.4, 0.5) is 11.4 Å². The fourth-order valence-corrected chi connectivity index (χ4v) is 12.3. The molecule has 4 aliphatic carbocycles. The first-order valence-corrected chi connectivity index (χ1v) is 24.8. The van der Waals surface area contributed by atoms with E-state index in [1.165, 1.54) is 83.5 Å². The van der Waals surface area contributed by atoms with Gasteiger partial charge < -0.3 is 14.2 Å². The summed E-state index contributed by atoms with van der Waals surface area (Å²) in [4.78, 5) is 25.6. The van der Waals surface area contributed by atoms with Crippen molar-refractivity contribution in [2.45, 2.75) is 182 Å². The van der Waals surface area contributed by atoms with Gasteiger partial charge in [-0.1, -0.05) is 105 Å². The van der Waals surface area contributed by atoms with Gasteiger partial charge in [0.2, 0.25) is 0 Å². The van der Waals surface area contributed by atoms with Crippen molar-refractivity contribution in [3.63, 3.8) is 0 Å². The molecule has 0 heterocycles. The van der Waals surface area contributed by atoms with E-state index in [2.05, 4.69) is 57.8 Å². The Morgan fingerprint density at radius 3 is 2.16 bits per heavy atom. The van der Waals surface area contributed by atoms with Crippen molar-refractivity contribution < 1.29 is 23.8 Å². The van der Waals surface area contributed by atoms with E-state index in [-0.39, 0.29) is 23.5 Å². The van der Waals surface area contributed by atoms with Crippen molar-refractivity contribution in [2.75, 3.05) is 13.2 Å². The first kappa shape index (κ1) is 47.0. The predicted molar refractivity (Wildman–Crippen MR) is 248 cm³/mol. The van der Waals surface area contributed by atoms with Gasteiger partial charge in [-0.25, -0.2) is 4.79 Å². The van der Waals surface area contributed by atoms with E-state index in [4.69, 9.17) is 14.2 Å². The Morgan fingerprint density at radius 2 is 1.43 bits per heavy atom. The summed E-state index contributed by atoms with van der Waals surface area (Å²) in [5, 5.41) is 8.65. The van der Waals surface area contributed by atoms with E-state index in [9.17, 15) is 9.59 Å². The maximum absolute atomic E-state index is 12.9. The van der Waals surface area contributed by atoms with Gasteiger partial charge in [0.05, 0.1) is 30.2 Å². The Bertz CT molecular complexity index is 1730. The number of rotatable bonds is 23. The van der Waals surface area contributed by atoms with Crippen LogP contribution < -0.4 is 4.74 Å². The van der Waals surface area contributed by atoms with Crippen LogP contribution in [-0.4, -0.2) is 31.3 Å². The van der Waals surface area contributed by atoms with Crippen LogP contribution in [0.25, 0.3) is 0 Å². The van der Waals surface area contributed by atoms with E-state index in [0.29, 0.717) is 36.1 Å². The molecule has 0 saturated heterocycles. The maximum atomic E-state index is 12.9. The molecule has 0 bridgehead atoms. The van der Waals surface area contributed by atoms with Gasteiger partial charge in [0, 0.05) is 12.8 Å². The van der Waals surface area contributed by atoms with Crippen molar-refractivity contribution in [1.29, 1.82) is 0 Å². The molecule has 0 aromatic heterocycles. The number of azo groups is 1. The molecule has 3 fully saturated rings. The molecule has 7 nitrogen and oxygen atoms in total. The molecule has 61 heavy (non-hydrogen) atoms. The van der Waals surface area contributed by atoms with Gasteiger partial charge in [-0.05, 0) is 165 Å². The van der Waals surface area contributed by atoms with Crippen LogP contribution in [0.3, 0.4) is 0 Å². The van der Waals surface area contributed by atoms with Gasteiger partial charge in [-0.3, -0.25) is 4.79 Å². The predicted octanol–water partition coefficient (Wildman–Crippen LogP) is 15.5. The SMILES string of the molecule is CCCCCCCCOc1ccc(N=Nc2ccc(C(=O)OCCCCCC(=O)O[C@H]3CC[C@@]4(C)C(=CC[C@H]5[C@@H]6CC[C@H]([C@H](C)CCCC(C)C)[C@@]6(C)CC[C@@H]54)C3)cc2)cc1. The van der Waals surface area contributed by atoms with Gasteiger partial charge >= 0.3 is 11.9 Å². The Labute approximate surface area is 369 Å². The Morgan fingerprint density at radius 1 is 0.738 bits per heavy atom. The topological polar surface area (TPSA) is 86.5 Å². The fraction of sp³-hybridized carbons (Fsp3) is 0.704. The highest BCUT2D eigenvalue weighted by molar-refractivity contribution is 5.89. The molecule has 6 rings (SSSR count). The van der Waals surface area contributed by atoms with Crippen molar-refractivity contribution in [3.8, 4) is 5.75 Å². The number of unbranched alkanes of at least 4 members (excludes halogenated alkanes) is 7. The Balaban J connectivity index is 0.846. The van der Waals surface area contributed by atoms with Crippen LogP contribution in [0.2, 0.25) is 0 Å². The number of carbonyl (C=O) groups excluding carboxylic acids is 2. The Kier molecular flexibility index (Phi) is 17.5. The average Bonchev–Trinajstić information content (AvgIpc) is 3.61. The lowest BCUT2D eigenvalue weighted by atomic mass is 9.47. The van der Waals surface area contributed by atoms with Crippen LogP contribution in [0, 0.1) is 46.3 Å². The third-order valence-corrected chi connectivity index (χ3v) is 15.8. The van der Waals surface area contributed by atoms with E-state index in [1.54, 1.807) is 29.8 Å². The van der Waals surface area contributed by atoms with E-state index in [0.717, 1.165) is 92.1 Å². The zero-order valence-electron chi connectivity index (χ0n) is 38.9. The summed E-state index contributed by atoms with van der Waals surface area (Å²) in [6.45, 7) is 15.8. The molecule has 0 radical (unpaired) electrons. The third kappa shape index (κ3) is 12.6. The molecule has 0 unspecified atom stereocenters. The monoisotopic (exact) mass is 837 g/mol. The second kappa shape index (κ2) is 22.7. The quantitative estimate of drug-likeness (QED) is 0.0481. The van der Waals surface area contributed by atoms with Crippen LogP contribution in [-0.2, 0) is 14.3 Å². The largest absolute Gasteiger partial charge is 0.494 e. The minimum Gasteiger partial charge on any atom is -0.494 e. The van der Waals surface area contributed by atoms with Gasteiger partial charge in [0.1, 0.15) is 11.9 Å². The zero-order chi connectivity index (χ0) is 43.2. The Hall–Kier alpha value is -3.48.